The van der Waals surface area contributed by atoms with Gasteiger partial charge >= 0.3 is 0 Å². The van der Waals surface area contributed by atoms with E-state index in [1.807, 2.05) is 16.5 Å². The van der Waals surface area contributed by atoms with E-state index in [1.165, 1.54) is 0 Å². The number of aliphatic imine (C=N–C) groups is 1. The summed E-state index contributed by atoms with van der Waals surface area (Å²) in [6.45, 7) is 10.3. The summed E-state index contributed by atoms with van der Waals surface area (Å²) >= 11 is 1.68. The second-order valence-electron chi connectivity index (χ2n) is 6.38. The van der Waals surface area contributed by atoms with Gasteiger partial charge < -0.3 is 20.4 Å². The van der Waals surface area contributed by atoms with Crippen LogP contribution in [0.1, 0.15) is 6.92 Å². The molecule has 0 atom stereocenters. The molecule has 2 saturated heterocycles. The summed E-state index contributed by atoms with van der Waals surface area (Å²) in [5, 5.41) is 3.09. The summed E-state index contributed by atoms with van der Waals surface area (Å²) in [6.07, 6.45) is 1.85. The van der Waals surface area contributed by atoms with E-state index in [-0.39, 0.29) is 5.91 Å². The molecule has 138 valence electrons. The van der Waals surface area contributed by atoms with Gasteiger partial charge in [-0.25, -0.2) is 4.98 Å². The van der Waals surface area contributed by atoms with Crippen LogP contribution < -0.4 is 10.6 Å². The molecule has 8 nitrogen and oxygen atoms in total. The largest absolute Gasteiger partial charge is 0.370 e. The van der Waals surface area contributed by atoms with Crippen molar-refractivity contribution < 1.29 is 4.79 Å². The van der Waals surface area contributed by atoms with Crippen LogP contribution in [-0.4, -0.2) is 97.0 Å². The van der Waals surface area contributed by atoms with E-state index < -0.39 is 0 Å². The average Bonchev–Trinajstić information content (AvgIpc) is 3.17. The minimum Gasteiger partial charge on any atom is -0.370 e. The van der Waals surface area contributed by atoms with Gasteiger partial charge in [0.05, 0.1) is 6.54 Å². The number of rotatable bonds is 4. The zero-order valence-corrected chi connectivity index (χ0v) is 15.6. The number of anilines is 1. The molecule has 0 aliphatic carbocycles. The number of guanidine groups is 1. The van der Waals surface area contributed by atoms with Gasteiger partial charge in [0.25, 0.3) is 0 Å². The molecule has 0 bridgehead atoms. The van der Waals surface area contributed by atoms with Crippen molar-refractivity contribution in [2.45, 2.75) is 6.92 Å². The summed E-state index contributed by atoms with van der Waals surface area (Å²) in [4.78, 5) is 28.9. The Morgan fingerprint density at radius 1 is 1.16 bits per heavy atom. The predicted octanol–water partition coefficient (Wildman–Crippen LogP) is -0.256. The molecule has 1 aromatic heterocycles. The Hall–Kier alpha value is -1.87. The zero-order chi connectivity index (χ0) is 17.6. The van der Waals surface area contributed by atoms with Crippen molar-refractivity contribution in [3.05, 3.63) is 11.6 Å². The smallest absolute Gasteiger partial charge is 0.219 e. The van der Waals surface area contributed by atoms with E-state index >= 15 is 0 Å². The molecule has 0 saturated carbocycles. The molecule has 3 heterocycles. The van der Waals surface area contributed by atoms with Crippen molar-refractivity contribution >= 4 is 28.3 Å². The van der Waals surface area contributed by atoms with Crippen LogP contribution in [-0.2, 0) is 4.79 Å². The number of carbonyl (C=O) groups is 1. The number of piperazine rings is 2. The number of carbonyl (C=O) groups excluding carboxylic acids is 1. The molecule has 3 rings (SSSR count). The van der Waals surface area contributed by atoms with Gasteiger partial charge in [0.2, 0.25) is 5.91 Å². The fourth-order valence-corrected chi connectivity index (χ4v) is 3.89. The Labute approximate surface area is 152 Å². The molecule has 0 aromatic carbocycles. The molecule has 2 N–H and O–H groups in total. The van der Waals surface area contributed by atoms with Crippen LogP contribution in [0.3, 0.4) is 0 Å². The maximum Gasteiger partial charge on any atom is 0.219 e. The molecular weight excluding hydrogens is 338 g/mol. The number of hydrogen-bond acceptors (Lipinski definition) is 6. The van der Waals surface area contributed by atoms with Crippen LogP contribution in [0.15, 0.2) is 16.6 Å². The van der Waals surface area contributed by atoms with E-state index in [1.54, 1.807) is 18.3 Å². The molecule has 2 aliphatic rings. The van der Waals surface area contributed by atoms with Crippen LogP contribution >= 0.6 is 11.3 Å². The average molecular weight is 366 g/mol. The van der Waals surface area contributed by atoms with Crippen LogP contribution in [0.4, 0.5) is 5.13 Å². The summed E-state index contributed by atoms with van der Waals surface area (Å²) < 4.78 is 0. The topological polar surface area (TPSA) is 81.3 Å². The van der Waals surface area contributed by atoms with E-state index in [9.17, 15) is 4.79 Å². The third-order valence-electron chi connectivity index (χ3n) is 4.80. The maximum atomic E-state index is 11.3. The number of amides is 1. The number of nitrogens with two attached hydrogens (primary N) is 1. The first-order valence-electron chi connectivity index (χ1n) is 8.80. The number of hydrogen-bond donors (Lipinski definition) is 1. The predicted molar refractivity (Wildman–Crippen MR) is 101 cm³/mol. The molecule has 1 amide bonds. The van der Waals surface area contributed by atoms with Gasteiger partial charge in [0, 0.05) is 77.4 Å². The first-order valence-corrected chi connectivity index (χ1v) is 9.68. The number of nitrogens with zero attached hydrogens (tertiary/aromatic N) is 6. The quantitative estimate of drug-likeness (QED) is 0.585. The lowest BCUT2D eigenvalue weighted by molar-refractivity contribution is -0.130. The second-order valence-corrected chi connectivity index (χ2v) is 7.25. The second kappa shape index (κ2) is 8.48. The fraction of sp³-hybridized carbons (Fsp3) is 0.688. The molecule has 9 heteroatoms. The van der Waals surface area contributed by atoms with Crippen molar-refractivity contribution in [3.63, 3.8) is 0 Å². The number of thiazole rings is 1. The minimum absolute atomic E-state index is 0.166. The van der Waals surface area contributed by atoms with Crippen LogP contribution in [0.2, 0.25) is 0 Å². The van der Waals surface area contributed by atoms with Crippen molar-refractivity contribution in [1.29, 1.82) is 0 Å². The molecule has 0 radical (unpaired) electrons. The van der Waals surface area contributed by atoms with Gasteiger partial charge in [0.1, 0.15) is 0 Å². The number of aromatic nitrogens is 1. The highest BCUT2D eigenvalue weighted by molar-refractivity contribution is 7.13. The summed E-state index contributed by atoms with van der Waals surface area (Å²) in [5.41, 5.74) is 6.16. The van der Waals surface area contributed by atoms with Gasteiger partial charge in [-0.3, -0.25) is 14.7 Å². The van der Waals surface area contributed by atoms with E-state index in [0.29, 0.717) is 12.5 Å². The molecule has 0 unspecified atom stereocenters. The minimum atomic E-state index is 0.166. The molecule has 25 heavy (non-hydrogen) atoms. The van der Waals surface area contributed by atoms with Gasteiger partial charge in [0.15, 0.2) is 11.1 Å². The first kappa shape index (κ1) is 17.9. The Morgan fingerprint density at radius 2 is 1.84 bits per heavy atom. The lowest BCUT2D eigenvalue weighted by atomic mass is 10.3. The lowest BCUT2D eigenvalue weighted by Crippen LogP contribution is -2.51. The third-order valence-corrected chi connectivity index (χ3v) is 5.63. The Morgan fingerprint density at radius 3 is 2.44 bits per heavy atom. The Kier molecular flexibility index (Phi) is 6.09. The molecule has 1 aromatic rings. The highest BCUT2D eigenvalue weighted by atomic mass is 32.1. The SMILES string of the molecule is CC(=O)N1CCN(CCN=C(N)N2CCN(c3nccs3)CC2)CC1. The molecule has 0 spiro atoms. The monoisotopic (exact) mass is 365 g/mol. The van der Waals surface area contributed by atoms with E-state index in [4.69, 9.17) is 5.73 Å². The maximum absolute atomic E-state index is 11.3. The summed E-state index contributed by atoms with van der Waals surface area (Å²) in [5.74, 6) is 0.806. The van der Waals surface area contributed by atoms with Gasteiger partial charge in [-0.05, 0) is 0 Å². The van der Waals surface area contributed by atoms with Crippen LogP contribution in [0.5, 0.6) is 0 Å². The zero-order valence-electron chi connectivity index (χ0n) is 14.8. The van der Waals surface area contributed by atoms with Crippen molar-refractivity contribution in [3.8, 4) is 0 Å². The van der Waals surface area contributed by atoms with Crippen molar-refractivity contribution in [2.75, 3.05) is 70.3 Å². The lowest BCUT2D eigenvalue weighted by Gasteiger charge is -2.35. The van der Waals surface area contributed by atoms with Gasteiger partial charge in [-0.2, -0.15) is 0 Å². The van der Waals surface area contributed by atoms with Crippen LogP contribution in [0.25, 0.3) is 0 Å². The normalized spacial score (nSPS) is 20.2. The first-order chi connectivity index (χ1) is 12.1. The van der Waals surface area contributed by atoms with Crippen LogP contribution in [0, 0.1) is 0 Å². The summed E-state index contributed by atoms with van der Waals surface area (Å²) in [7, 11) is 0. The Balaban J connectivity index is 1.37. The van der Waals surface area contributed by atoms with Crippen molar-refractivity contribution in [1.82, 2.24) is 19.7 Å². The highest BCUT2D eigenvalue weighted by Gasteiger charge is 2.20. The Bertz CT molecular complexity index is 575. The van der Waals surface area contributed by atoms with Gasteiger partial charge in [-0.1, -0.05) is 0 Å². The fourth-order valence-electron chi connectivity index (χ4n) is 3.19. The molecule has 2 aliphatic heterocycles. The standard InChI is InChI=1S/C16H27N7OS/c1-14(24)21-7-5-20(6-8-21)4-2-18-15(17)22-9-11-23(12-10-22)16-19-3-13-25-16/h3,13H,2,4-12H2,1H3,(H2,17,18). The van der Waals surface area contributed by atoms with E-state index in [2.05, 4.69) is 24.7 Å². The van der Waals surface area contributed by atoms with Gasteiger partial charge in [-0.15, -0.1) is 11.3 Å². The third kappa shape index (κ3) is 4.82. The molecule has 2 fully saturated rings. The molecular formula is C16H27N7OS. The van der Waals surface area contributed by atoms with Crippen molar-refractivity contribution in [2.24, 2.45) is 10.7 Å². The van der Waals surface area contributed by atoms with E-state index in [0.717, 1.165) is 64.0 Å². The highest BCUT2D eigenvalue weighted by Crippen LogP contribution is 2.18. The summed E-state index contributed by atoms with van der Waals surface area (Å²) in [6, 6.07) is 0.